The van der Waals surface area contributed by atoms with Gasteiger partial charge in [0.05, 0.1) is 0 Å². The van der Waals surface area contributed by atoms with Crippen LogP contribution in [0, 0.1) is 64.2 Å². The van der Waals surface area contributed by atoms with Crippen LogP contribution in [0.25, 0.3) is 0 Å². The van der Waals surface area contributed by atoms with Crippen LogP contribution in [0.2, 0.25) is 0 Å². The molecule has 0 spiro atoms. The molecule has 0 aliphatic heterocycles. The Bertz CT molecular complexity index is 1770. The van der Waals surface area contributed by atoms with Gasteiger partial charge in [0.25, 0.3) is 0 Å². The van der Waals surface area contributed by atoms with Gasteiger partial charge in [-0.15, -0.1) is 11.8 Å². The molecule has 9 heteroatoms. The van der Waals surface area contributed by atoms with E-state index >= 15 is 0 Å². The molecule has 0 bridgehead atoms. The van der Waals surface area contributed by atoms with Crippen LogP contribution in [0.1, 0.15) is 75.6 Å². The fraction of sp³-hybridized carbons (Fsp3) is 0.422. The summed E-state index contributed by atoms with van der Waals surface area (Å²) in [6.45, 7) is 10.3. The van der Waals surface area contributed by atoms with E-state index in [4.69, 9.17) is 0 Å². The molecule has 0 aromatic heterocycles. The standard InChI is InChI=1S/C25H33.C15H8F6.C5H5.2ClH.Zr/c1-17-10-9-11-18-16-24(3)22(21(17)18)19-12-5-6-13-20(19)23(2)14-7-8-15-25(23,24)4;16-14(17,18)12-5-1-3-10(8-12)7-11-4-2-6-13(9-11)15(19,20)21;1-2-4-5-3-1;;;/h5-8,12-22H,9-11H2,1-4H3;1-6,8-9H;1-3H,4H2;2*1H;/q-1;;-1;;;+2/p-2. The Labute approximate surface area is 344 Å². The second-order valence-corrected chi connectivity index (χ2v) is 17.0. The summed E-state index contributed by atoms with van der Waals surface area (Å²) in [6, 6.07) is 9.16. The first-order chi connectivity index (χ1) is 24.5. The van der Waals surface area contributed by atoms with E-state index < -0.39 is 23.5 Å². The molecule has 288 valence electrons. The Balaban J connectivity index is 0.000000208. The SMILES string of the molecule is CC1CCCC2[CH-]C3(C)C(C4C=CC=CC4C4(C)C=CC=CC43C)C12.FC(F)(F)c1cccc([C](=[Zr+2])c2cccc(C(F)(F)F)c2)c1.[C-]1=CC=CC1.[Cl-].[Cl-]. The molecule has 2 aromatic carbocycles. The Hall–Kier alpha value is -2.21. The molecular weight excluding hydrogens is 817 g/mol. The molecule has 0 saturated heterocycles. The summed E-state index contributed by atoms with van der Waals surface area (Å²) < 4.78 is 76.7. The van der Waals surface area contributed by atoms with E-state index in [1.807, 2.05) is 12.2 Å². The first kappa shape index (κ1) is 44.5. The Kier molecular flexibility index (Phi) is 14.1. The maximum absolute atomic E-state index is 12.7. The van der Waals surface area contributed by atoms with E-state index in [-0.39, 0.29) is 52.2 Å². The van der Waals surface area contributed by atoms with Crippen molar-refractivity contribution in [1.82, 2.24) is 0 Å². The molecular formula is C45H46Cl2F6Zr-2. The zero-order chi connectivity index (χ0) is 37.5. The fourth-order valence-electron chi connectivity index (χ4n) is 10.3. The van der Waals surface area contributed by atoms with E-state index in [2.05, 4.69) is 94.9 Å². The third-order valence-electron chi connectivity index (χ3n) is 13.1. The molecule has 6 aliphatic carbocycles. The number of rotatable bonds is 2. The van der Waals surface area contributed by atoms with Crippen LogP contribution in [-0.4, -0.2) is 3.21 Å². The Morgan fingerprint density at radius 3 is 1.93 bits per heavy atom. The molecule has 0 N–H and O–H groups in total. The van der Waals surface area contributed by atoms with Crippen molar-refractivity contribution in [2.75, 3.05) is 0 Å². The number of hydrogen-bond donors (Lipinski definition) is 0. The maximum atomic E-state index is 12.7. The summed E-state index contributed by atoms with van der Waals surface area (Å²) in [5.74, 6) is 4.69. The largest absolute Gasteiger partial charge is 1.00 e. The molecule has 6 aliphatic rings. The van der Waals surface area contributed by atoms with Gasteiger partial charge in [-0.2, -0.15) is 12.0 Å². The van der Waals surface area contributed by atoms with Crippen LogP contribution in [-0.2, 0) is 36.6 Å². The van der Waals surface area contributed by atoms with Crippen molar-refractivity contribution < 1.29 is 75.4 Å². The van der Waals surface area contributed by atoms with E-state index in [1.54, 1.807) is 0 Å². The van der Waals surface area contributed by atoms with E-state index in [0.717, 1.165) is 78.6 Å². The summed E-state index contributed by atoms with van der Waals surface area (Å²) in [6.07, 6.45) is 27.6. The van der Waals surface area contributed by atoms with Gasteiger partial charge in [-0.1, -0.05) is 107 Å². The molecule has 0 nitrogen and oxygen atoms in total. The quantitative estimate of drug-likeness (QED) is 0.238. The van der Waals surface area contributed by atoms with Crippen molar-refractivity contribution in [3.63, 3.8) is 0 Å². The van der Waals surface area contributed by atoms with Crippen molar-refractivity contribution in [3.05, 3.63) is 150 Å². The van der Waals surface area contributed by atoms with Gasteiger partial charge in [-0.3, -0.25) is 6.08 Å². The molecule has 0 amide bonds. The number of benzene rings is 2. The number of alkyl halides is 6. The predicted molar refractivity (Wildman–Crippen MR) is 193 cm³/mol. The summed E-state index contributed by atoms with van der Waals surface area (Å²) >= 11 is 0.729. The molecule has 3 fully saturated rings. The van der Waals surface area contributed by atoms with Crippen LogP contribution in [0.15, 0.2) is 115 Å². The van der Waals surface area contributed by atoms with Crippen molar-refractivity contribution in [1.29, 1.82) is 0 Å². The third kappa shape index (κ3) is 8.26. The summed E-state index contributed by atoms with van der Waals surface area (Å²) in [5.41, 5.74) is -0.416. The van der Waals surface area contributed by atoms with Crippen LogP contribution in [0.4, 0.5) is 26.3 Å². The minimum Gasteiger partial charge on any atom is -1.00 e. The number of allylic oxidation sites excluding steroid dienone is 12. The summed E-state index contributed by atoms with van der Waals surface area (Å²) in [5, 5.41) is 0. The minimum absolute atomic E-state index is 0. The third-order valence-corrected chi connectivity index (χ3v) is 14.5. The van der Waals surface area contributed by atoms with Crippen LogP contribution in [0.3, 0.4) is 0 Å². The minimum atomic E-state index is -4.49. The van der Waals surface area contributed by atoms with Gasteiger partial charge in [0.15, 0.2) is 0 Å². The normalized spacial score (nSPS) is 33.7. The van der Waals surface area contributed by atoms with Crippen molar-refractivity contribution in [3.8, 4) is 0 Å². The molecule has 0 radical (unpaired) electrons. The maximum Gasteiger partial charge on any atom is -0.109 e. The van der Waals surface area contributed by atoms with Gasteiger partial charge < -0.3 is 31.2 Å². The first-order valence-corrected chi connectivity index (χ1v) is 19.5. The summed E-state index contributed by atoms with van der Waals surface area (Å²) in [7, 11) is 0. The topological polar surface area (TPSA) is 0 Å². The van der Waals surface area contributed by atoms with Crippen molar-refractivity contribution >= 4 is 3.21 Å². The van der Waals surface area contributed by atoms with E-state index in [0.29, 0.717) is 15.0 Å². The average Bonchev–Trinajstić information content (AvgIpc) is 3.80. The second-order valence-electron chi connectivity index (χ2n) is 15.7. The first-order valence-electron chi connectivity index (χ1n) is 18.2. The Morgan fingerprint density at radius 1 is 0.796 bits per heavy atom. The van der Waals surface area contributed by atoms with E-state index in [9.17, 15) is 26.3 Å². The second kappa shape index (κ2) is 17.1. The molecule has 3 saturated carbocycles. The molecule has 0 heterocycles. The van der Waals surface area contributed by atoms with E-state index in [1.165, 1.54) is 43.5 Å². The van der Waals surface area contributed by atoms with Gasteiger partial charge in [0, 0.05) is 0 Å². The van der Waals surface area contributed by atoms with Crippen molar-refractivity contribution in [2.24, 2.45) is 51.8 Å². The molecule has 9 atom stereocenters. The van der Waals surface area contributed by atoms with Gasteiger partial charge in [0.2, 0.25) is 0 Å². The molecule has 54 heavy (non-hydrogen) atoms. The van der Waals surface area contributed by atoms with Crippen LogP contribution < -0.4 is 24.8 Å². The zero-order valence-electron chi connectivity index (χ0n) is 30.9. The molecule has 9 unspecified atom stereocenters. The van der Waals surface area contributed by atoms with Crippen molar-refractivity contribution in [2.45, 2.75) is 65.7 Å². The summed E-state index contributed by atoms with van der Waals surface area (Å²) in [4.78, 5) is 0. The monoisotopic (exact) mass is 860 g/mol. The number of halogens is 8. The van der Waals surface area contributed by atoms with Crippen LogP contribution >= 0.6 is 0 Å². The van der Waals surface area contributed by atoms with Gasteiger partial charge >= 0.3 is 137 Å². The molecule has 8 rings (SSSR count). The number of fused-ring (bicyclic) bond motifs is 8. The van der Waals surface area contributed by atoms with Gasteiger partial charge in [-0.05, 0) is 28.6 Å². The fourth-order valence-corrected chi connectivity index (χ4v) is 11.0. The van der Waals surface area contributed by atoms with Gasteiger partial charge in [0.1, 0.15) is 0 Å². The Morgan fingerprint density at radius 2 is 1.39 bits per heavy atom. The predicted octanol–water partition coefficient (Wildman–Crippen LogP) is 6.54. The zero-order valence-corrected chi connectivity index (χ0v) is 34.8. The molecule has 2 aromatic rings. The smallest absolute Gasteiger partial charge is 0.109 e. The van der Waals surface area contributed by atoms with Gasteiger partial charge in [-0.25, -0.2) is 12.2 Å². The average molecular weight is 863 g/mol. The van der Waals surface area contributed by atoms with Crippen LogP contribution in [0.5, 0.6) is 0 Å². The number of hydrogen-bond acceptors (Lipinski definition) is 0.